The molecular weight excluding hydrogens is 376 g/mol. The summed E-state index contributed by atoms with van der Waals surface area (Å²) in [5, 5.41) is 6.06. The Kier molecular flexibility index (Phi) is 5.43. The maximum absolute atomic E-state index is 12.6. The number of anilines is 1. The number of benzene rings is 2. The van der Waals surface area contributed by atoms with Crippen LogP contribution in [-0.2, 0) is 9.59 Å². The normalized spacial score (nSPS) is 18.2. The van der Waals surface area contributed by atoms with Gasteiger partial charge in [-0.3, -0.25) is 19.5 Å². The predicted molar refractivity (Wildman–Crippen MR) is 119 cm³/mol. The topological polar surface area (TPSA) is 73.8 Å². The van der Waals surface area contributed by atoms with E-state index in [4.69, 9.17) is 4.99 Å². The molecule has 4 rings (SSSR count). The zero-order chi connectivity index (χ0) is 21.3. The summed E-state index contributed by atoms with van der Waals surface area (Å²) in [6.07, 6.45) is 1.40. The fourth-order valence-electron chi connectivity index (χ4n) is 4.09. The number of piperidine rings is 1. The van der Waals surface area contributed by atoms with Crippen LogP contribution in [0.2, 0.25) is 0 Å². The van der Waals surface area contributed by atoms with Crippen molar-refractivity contribution in [3.63, 3.8) is 0 Å². The summed E-state index contributed by atoms with van der Waals surface area (Å²) in [5.41, 5.74) is 5.12. The van der Waals surface area contributed by atoms with Crippen molar-refractivity contribution in [2.75, 3.05) is 25.0 Å². The van der Waals surface area contributed by atoms with E-state index in [0.29, 0.717) is 38.2 Å². The third kappa shape index (κ3) is 4.28. The van der Waals surface area contributed by atoms with E-state index in [2.05, 4.69) is 22.5 Å². The van der Waals surface area contributed by atoms with Crippen molar-refractivity contribution in [2.24, 2.45) is 4.99 Å². The van der Waals surface area contributed by atoms with E-state index in [-0.39, 0.29) is 11.8 Å². The van der Waals surface area contributed by atoms with Crippen LogP contribution >= 0.6 is 0 Å². The molecule has 0 saturated carbocycles. The molecule has 2 aromatic rings. The molecule has 156 valence electrons. The van der Waals surface area contributed by atoms with Crippen molar-refractivity contribution in [2.45, 2.75) is 39.3 Å². The Morgan fingerprint density at radius 1 is 1.10 bits per heavy atom. The molecule has 0 bridgehead atoms. The van der Waals surface area contributed by atoms with Crippen molar-refractivity contribution in [3.05, 3.63) is 64.7 Å². The first-order chi connectivity index (χ1) is 14.3. The van der Waals surface area contributed by atoms with Gasteiger partial charge in [0.05, 0.1) is 6.54 Å². The van der Waals surface area contributed by atoms with E-state index in [9.17, 15) is 9.59 Å². The van der Waals surface area contributed by atoms with Gasteiger partial charge in [0.15, 0.2) is 0 Å². The van der Waals surface area contributed by atoms with Crippen LogP contribution in [0.25, 0.3) is 0 Å². The van der Waals surface area contributed by atoms with Crippen LogP contribution in [0.1, 0.15) is 35.1 Å². The predicted octanol–water partition coefficient (Wildman–Crippen LogP) is 2.96. The lowest BCUT2D eigenvalue weighted by atomic mass is 9.98. The molecule has 1 saturated heterocycles. The van der Waals surface area contributed by atoms with E-state index in [0.717, 1.165) is 22.4 Å². The first kappa shape index (κ1) is 20.3. The van der Waals surface area contributed by atoms with E-state index in [1.54, 1.807) is 0 Å². The van der Waals surface area contributed by atoms with Gasteiger partial charge in [-0.25, -0.2) is 0 Å². The summed E-state index contributed by atoms with van der Waals surface area (Å²) in [6, 6.07) is 13.8. The minimum absolute atomic E-state index is 0.0219. The largest absolute Gasteiger partial charge is 0.326 e. The number of amides is 2. The van der Waals surface area contributed by atoms with Gasteiger partial charge in [-0.1, -0.05) is 24.3 Å². The number of nitrogens with one attached hydrogen (secondary N) is 2. The van der Waals surface area contributed by atoms with Gasteiger partial charge in [0.1, 0.15) is 11.4 Å². The fourth-order valence-corrected chi connectivity index (χ4v) is 4.09. The number of hydrogen-bond donors (Lipinski definition) is 2. The van der Waals surface area contributed by atoms with Gasteiger partial charge in [-0.15, -0.1) is 0 Å². The Hall–Kier alpha value is -2.99. The maximum atomic E-state index is 12.6. The molecule has 0 aromatic heterocycles. The van der Waals surface area contributed by atoms with Crippen LogP contribution in [0, 0.1) is 20.8 Å². The van der Waals surface area contributed by atoms with Crippen LogP contribution < -0.4 is 10.6 Å². The average Bonchev–Trinajstić information content (AvgIpc) is 3.02. The number of aliphatic imine (C=N–C) groups is 1. The second-order valence-electron chi connectivity index (χ2n) is 8.44. The first-order valence-corrected chi connectivity index (χ1v) is 10.4. The molecule has 2 N–H and O–H groups in total. The van der Waals surface area contributed by atoms with Crippen molar-refractivity contribution in [1.29, 1.82) is 0 Å². The highest BCUT2D eigenvalue weighted by Crippen LogP contribution is 2.29. The number of nitrogens with zero attached hydrogens (tertiary/aromatic N) is 2. The Morgan fingerprint density at radius 2 is 1.87 bits per heavy atom. The molecular formula is C24H28N4O2. The summed E-state index contributed by atoms with van der Waals surface area (Å²) >= 11 is 0. The zero-order valence-electron chi connectivity index (χ0n) is 17.8. The molecule has 2 heterocycles. The number of rotatable bonds is 4. The molecule has 6 heteroatoms. The molecule has 30 heavy (non-hydrogen) atoms. The van der Waals surface area contributed by atoms with Crippen LogP contribution in [0.5, 0.6) is 0 Å². The number of carbonyl (C=O) groups excluding carboxylic acids is 2. The minimum Gasteiger partial charge on any atom is -0.326 e. The van der Waals surface area contributed by atoms with Gasteiger partial charge < -0.3 is 10.6 Å². The van der Waals surface area contributed by atoms with Crippen LogP contribution in [0.4, 0.5) is 5.69 Å². The summed E-state index contributed by atoms with van der Waals surface area (Å²) in [5.74, 6) is -0.129. The first-order valence-electron chi connectivity index (χ1n) is 10.4. The maximum Gasteiger partial charge on any atom is 0.272 e. The van der Waals surface area contributed by atoms with Crippen molar-refractivity contribution >= 4 is 23.2 Å². The fraction of sp³-hybridized carbons (Fsp3) is 0.375. The number of carbonyl (C=O) groups is 2. The molecule has 0 radical (unpaired) electrons. The van der Waals surface area contributed by atoms with Crippen LogP contribution in [0.15, 0.2) is 47.5 Å². The smallest absolute Gasteiger partial charge is 0.272 e. The van der Waals surface area contributed by atoms with Gasteiger partial charge in [0.25, 0.3) is 5.91 Å². The van der Waals surface area contributed by atoms with E-state index >= 15 is 0 Å². The van der Waals surface area contributed by atoms with E-state index in [1.807, 2.05) is 56.3 Å². The molecule has 1 fully saturated rings. The minimum atomic E-state index is -0.547. The SMILES string of the molecule is Cc1cccc(NC(=O)CN2CCC3(CC2)N=C(c2ccc(C)c(C)c2)C(=O)N3)c1. The van der Waals surface area contributed by atoms with Gasteiger partial charge in [-0.05, 0) is 55.7 Å². The highest BCUT2D eigenvalue weighted by molar-refractivity contribution is 6.46. The van der Waals surface area contributed by atoms with Crippen molar-refractivity contribution in [1.82, 2.24) is 10.2 Å². The monoisotopic (exact) mass is 404 g/mol. The second kappa shape index (κ2) is 8.03. The standard InChI is InChI=1S/C24H28N4O2/c1-16-5-4-6-20(13-16)25-21(29)15-28-11-9-24(10-12-28)26-22(23(30)27-24)19-8-7-17(2)18(3)14-19/h4-8,13-14H,9-12,15H2,1-3H3,(H,25,29)(H,27,30). The molecule has 0 aliphatic carbocycles. The lowest BCUT2D eigenvalue weighted by molar-refractivity contribution is -0.119. The average molecular weight is 405 g/mol. The molecule has 2 aliphatic heterocycles. The van der Waals surface area contributed by atoms with Gasteiger partial charge in [0, 0.05) is 37.2 Å². The Labute approximate surface area is 177 Å². The Morgan fingerprint density at radius 3 is 2.57 bits per heavy atom. The molecule has 2 amide bonds. The quantitative estimate of drug-likeness (QED) is 0.823. The molecule has 2 aromatic carbocycles. The molecule has 1 spiro atoms. The number of likely N-dealkylation sites (tertiary alicyclic amines) is 1. The van der Waals surface area contributed by atoms with Crippen molar-refractivity contribution < 1.29 is 9.59 Å². The lowest BCUT2D eigenvalue weighted by Crippen LogP contribution is -2.52. The molecule has 0 unspecified atom stereocenters. The summed E-state index contributed by atoms with van der Waals surface area (Å²) in [7, 11) is 0. The van der Waals surface area contributed by atoms with Crippen LogP contribution in [0.3, 0.4) is 0 Å². The van der Waals surface area contributed by atoms with Gasteiger partial charge in [-0.2, -0.15) is 0 Å². The lowest BCUT2D eigenvalue weighted by Gasteiger charge is -2.36. The molecule has 2 aliphatic rings. The summed E-state index contributed by atoms with van der Waals surface area (Å²) in [6.45, 7) is 7.87. The zero-order valence-corrected chi connectivity index (χ0v) is 17.8. The second-order valence-corrected chi connectivity index (χ2v) is 8.44. The van der Waals surface area contributed by atoms with Crippen molar-refractivity contribution in [3.8, 4) is 0 Å². The molecule has 6 nitrogen and oxygen atoms in total. The van der Waals surface area contributed by atoms with Crippen LogP contribution in [-0.4, -0.2) is 47.7 Å². The Bertz CT molecular complexity index is 1020. The number of aryl methyl sites for hydroxylation is 3. The van der Waals surface area contributed by atoms with Gasteiger partial charge >= 0.3 is 0 Å². The molecule has 0 atom stereocenters. The highest BCUT2D eigenvalue weighted by Gasteiger charge is 2.42. The summed E-state index contributed by atoms with van der Waals surface area (Å²) in [4.78, 5) is 32.0. The Balaban J connectivity index is 1.37. The number of hydrogen-bond acceptors (Lipinski definition) is 4. The van der Waals surface area contributed by atoms with E-state index in [1.165, 1.54) is 5.56 Å². The van der Waals surface area contributed by atoms with Gasteiger partial charge in [0.2, 0.25) is 5.91 Å². The highest BCUT2D eigenvalue weighted by atomic mass is 16.2. The van der Waals surface area contributed by atoms with E-state index < -0.39 is 5.66 Å². The summed E-state index contributed by atoms with van der Waals surface area (Å²) < 4.78 is 0. The third-order valence-corrected chi connectivity index (χ3v) is 6.02. The third-order valence-electron chi connectivity index (χ3n) is 6.02.